The third-order valence-electron chi connectivity index (χ3n) is 4.53. The lowest BCUT2D eigenvalue weighted by Gasteiger charge is -2.24. The number of anilines is 1. The molecule has 2 aromatic carbocycles. The van der Waals surface area contributed by atoms with Gasteiger partial charge in [-0.3, -0.25) is 9.10 Å². The monoisotopic (exact) mass is 479 g/mol. The molecular formula is C21H19Cl2N3O4S. The second-order valence-electron chi connectivity index (χ2n) is 6.73. The van der Waals surface area contributed by atoms with Crippen molar-refractivity contribution in [3.8, 4) is 6.07 Å². The molecule has 0 fully saturated rings. The van der Waals surface area contributed by atoms with Crippen LogP contribution in [-0.2, 0) is 19.6 Å². The summed E-state index contributed by atoms with van der Waals surface area (Å²) in [4.78, 5) is 15.2. The molecule has 0 atom stereocenters. The smallest absolute Gasteiger partial charge is 0.326 e. The zero-order valence-electron chi connectivity index (χ0n) is 16.6. The SMILES string of the molecule is CCCCOC(=O)CN(c1ccc2[nH]cc(C#N)c2c1)S(=O)(=O)c1cc(Cl)cc(Cl)c1. The number of sulfonamides is 1. The Hall–Kier alpha value is -2.73. The van der Waals surface area contributed by atoms with Crippen molar-refractivity contribution < 1.29 is 17.9 Å². The van der Waals surface area contributed by atoms with Crippen molar-refractivity contribution in [3.05, 3.63) is 58.2 Å². The molecule has 0 unspecified atom stereocenters. The minimum Gasteiger partial charge on any atom is -0.464 e. The Balaban J connectivity index is 2.08. The Morgan fingerprint density at radius 1 is 1.19 bits per heavy atom. The summed E-state index contributed by atoms with van der Waals surface area (Å²) in [5, 5.41) is 10.1. The van der Waals surface area contributed by atoms with Gasteiger partial charge >= 0.3 is 5.97 Å². The van der Waals surface area contributed by atoms with Gasteiger partial charge in [0.1, 0.15) is 12.6 Å². The summed E-state index contributed by atoms with van der Waals surface area (Å²) in [6, 6.07) is 10.7. The van der Waals surface area contributed by atoms with Crippen molar-refractivity contribution >= 4 is 55.8 Å². The quantitative estimate of drug-likeness (QED) is 0.366. The van der Waals surface area contributed by atoms with E-state index in [0.29, 0.717) is 22.9 Å². The van der Waals surface area contributed by atoms with Crippen molar-refractivity contribution in [1.29, 1.82) is 5.26 Å². The highest BCUT2D eigenvalue weighted by atomic mass is 35.5. The van der Waals surface area contributed by atoms with Gasteiger partial charge < -0.3 is 9.72 Å². The Kier molecular flexibility index (Phi) is 7.11. The number of nitrogens with one attached hydrogen (secondary N) is 1. The van der Waals surface area contributed by atoms with Gasteiger partial charge in [0.2, 0.25) is 0 Å². The third kappa shape index (κ3) is 5.13. The number of aromatic amines is 1. The topological polar surface area (TPSA) is 103 Å². The molecule has 3 rings (SSSR count). The molecule has 7 nitrogen and oxygen atoms in total. The first-order valence-corrected chi connectivity index (χ1v) is 11.6. The molecule has 1 N–H and O–H groups in total. The molecule has 10 heteroatoms. The van der Waals surface area contributed by atoms with Crippen LogP contribution in [0.2, 0.25) is 10.0 Å². The lowest BCUT2D eigenvalue weighted by atomic mass is 10.1. The summed E-state index contributed by atoms with van der Waals surface area (Å²) >= 11 is 12.0. The number of unbranched alkanes of at least 4 members (excludes halogenated alkanes) is 1. The third-order valence-corrected chi connectivity index (χ3v) is 6.72. The number of H-pyrrole nitrogens is 1. The minimum absolute atomic E-state index is 0.143. The van der Waals surface area contributed by atoms with Crippen LogP contribution in [0.1, 0.15) is 25.3 Å². The number of carbonyl (C=O) groups excluding carboxylic acids is 1. The average molecular weight is 480 g/mol. The van der Waals surface area contributed by atoms with Gasteiger partial charge in [-0.1, -0.05) is 36.5 Å². The fourth-order valence-electron chi connectivity index (χ4n) is 2.97. The molecule has 0 saturated heterocycles. The number of fused-ring (bicyclic) bond motifs is 1. The minimum atomic E-state index is -4.23. The normalized spacial score (nSPS) is 11.3. The van der Waals surface area contributed by atoms with E-state index in [4.69, 9.17) is 27.9 Å². The number of aromatic nitrogens is 1. The summed E-state index contributed by atoms with van der Waals surface area (Å²) < 4.78 is 33.0. The van der Waals surface area contributed by atoms with E-state index in [1.54, 1.807) is 12.1 Å². The molecular weight excluding hydrogens is 461 g/mol. The molecule has 0 spiro atoms. The Morgan fingerprint density at radius 2 is 1.90 bits per heavy atom. The fraction of sp³-hybridized carbons (Fsp3) is 0.238. The summed E-state index contributed by atoms with van der Waals surface area (Å²) in [7, 11) is -4.23. The number of nitrogens with zero attached hydrogens (tertiary/aromatic N) is 2. The van der Waals surface area contributed by atoms with E-state index in [1.807, 2.05) is 6.92 Å². The molecule has 0 aliphatic carbocycles. The summed E-state index contributed by atoms with van der Waals surface area (Å²) in [6.45, 7) is 1.60. The van der Waals surface area contributed by atoms with Crippen LogP contribution in [0.4, 0.5) is 5.69 Å². The molecule has 0 bridgehead atoms. The van der Waals surface area contributed by atoms with E-state index < -0.39 is 22.5 Å². The van der Waals surface area contributed by atoms with Crippen molar-refractivity contribution in [1.82, 2.24) is 4.98 Å². The number of rotatable bonds is 8. The van der Waals surface area contributed by atoms with Crippen LogP contribution in [0, 0.1) is 11.3 Å². The Labute approximate surface area is 190 Å². The Bertz CT molecular complexity index is 1250. The summed E-state index contributed by atoms with van der Waals surface area (Å²) in [5.41, 5.74) is 1.21. The van der Waals surface area contributed by atoms with Gasteiger partial charge in [-0.2, -0.15) is 5.26 Å². The maximum absolute atomic E-state index is 13.5. The lowest BCUT2D eigenvalue weighted by molar-refractivity contribution is -0.141. The second-order valence-corrected chi connectivity index (χ2v) is 9.47. The van der Waals surface area contributed by atoms with Crippen LogP contribution in [-0.4, -0.2) is 32.5 Å². The highest BCUT2D eigenvalue weighted by molar-refractivity contribution is 7.92. The number of ether oxygens (including phenoxy) is 1. The van der Waals surface area contributed by atoms with Crippen LogP contribution in [0.15, 0.2) is 47.5 Å². The van der Waals surface area contributed by atoms with Crippen molar-refractivity contribution in [2.45, 2.75) is 24.7 Å². The highest BCUT2D eigenvalue weighted by Crippen LogP contribution is 2.31. The number of carbonyl (C=O) groups is 1. The number of halogens is 2. The number of hydrogen-bond acceptors (Lipinski definition) is 5. The van der Waals surface area contributed by atoms with Gasteiger partial charge in [0.15, 0.2) is 0 Å². The van der Waals surface area contributed by atoms with E-state index in [-0.39, 0.29) is 27.2 Å². The molecule has 162 valence electrons. The van der Waals surface area contributed by atoms with E-state index in [1.165, 1.54) is 30.5 Å². The van der Waals surface area contributed by atoms with E-state index in [2.05, 4.69) is 11.1 Å². The molecule has 0 amide bonds. The van der Waals surface area contributed by atoms with E-state index >= 15 is 0 Å². The van der Waals surface area contributed by atoms with Crippen molar-refractivity contribution in [3.63, 3.8) is 0 Å². The predicted octanol–water partition coefficient (Wildman–Crippen LogP) is 4.88. The van der Waals surface area contributed by atoms with E-state index in [0.717, 1.165) is 10.7 Å². The molecule has 31 heavy (non-hydrogen) atoms. The van der Waals surface area contributed by atoms with E-state index in [9.17, 15) is 18.5 Å². The van der Waals surface area contributed by atoms with Gasteiger partial charge in [-0.25, -0.2) is 8.42 Å². The van der Waals surface area contributed by atoms with Crippen molar-refractivity contribution in [2.24, 2.45) is 0 Å². The predicted molar refractivity (Wildman–Crippen MR) is 120 cm³/mol. The molecule has 1 heterocycles. The molecule has 0 radical (unpaired) electrons. The van der Waals surface area contributed by atoms with Gasteiger partial charge in [0.05, 0.1) is 22.8 Å². The Morgan fingerprint density at radius 3 is 2.55 bits per heavy atom. The van der Waals surface area contributed by atoms with Crippen LogP contribution < -0.4 is 4.31 Å². The number of nitriles is 1. The van der Waals surface area contributed by atoms with Crippen LogP contribution in [0.25, 0.3) is 10.9 Å². The van der Waals surface area contributed by atoms with Crippen LogP contribution in [0.5, 0.6) is 0 Å². The zero-order chi connectivity index (χ0) is 22.6. The highest BCUT2D eigenvalue weighted by Gasteiger charge is 2.29. The first kappa shape index (κ1) is 22.9. The largest absolute Gasteiger partial charge is 0.464 e. The summed E-state index contributed by atoms with van der Waals surface area (Å²) in [6.07, 6.45) is 3.03. The van der Waals surface area contributed by atoms with Gasteiger partial charge in [-0.15, -0.1) is 0 Å². The fourth-order valence-corrected chi connectivity index (χ4v) is 5.10. The van der Waals surface area contributed by atoms with Crippen LogP contribution in [0.3, 0.4) is 0 Å². The van der Waals surface area contributed by atoms with Gasteiger partial charge in [-0.05, 0) is 42.8 Å². The average Bonchev–Trinajstić information content (AvgIpc) is 3.13. The van der Waals surface area contributed by atoms with Crippen LogP contribution >= 0.6 is 23.2 Å². The van der Waals surface area contributed by atoms with Gasteiger partial charge in [0, 0.05) is 27.1 Å². The molecule has 0 aliphatic rings. The standard InChI is InChI=1S/C21H19Cl2N3O4S/c1-2-3-6-30-21(27)13-26(31(28,29)18-8-15(22)7-16(23)9-18)17-4-5-20-19(10-17)14(11-24)12-25-20/h4-5,7-10,12,25H,2-3,6,13H2,1H3. The molecule has 3 aromatic rings. The number of esters is 1. The maximum atomic E-state index is 13.5. The second kappa shape index (κ2) is 9.60. The molecule has 0 saturated carbocycles. The summed E-state index contributed by atoms with van der Waals surface area (Å²) in [5.74, 6) is -0.695. The van der Waals surface area contributed by atoms with Gasteiger partial charge in [0.25, 0.3) is 10.0 Å². The first-order chi connectivity index (χ1) is 14.8. The maximum Gasteiger partial charge on any atom is 0.326 e. The lowest BCUT2D eigenvalue weighted by Crippen LogP contribution is -2.36. The molecule has 1 aromatic heterocycles. The first-order valence-electron chi connectivity index (χ1n) is 9.42. The number of hydrogen-bond donors (Lipinski definition) is 1. The van der Waals surface area contributed by atoms with Crippen molar-refractivity contribution in [2.75, 3.05) is 17.5 Å². The zero-order valence-corrected chi connectivity index (χ0v) is 18.9. The number of benzene rings is 2. The molecule has 0 aliphatic heterocycles.